The number of carbonyl (C=O) groups is 1. The van der Waals surface area contributed by atoms with Crippen LogP contribution in [0.3, 0.4) is 0 Å². The second-order valence-corrected chi connectivity index (χ2v) is 2.73. The number of rotatable bonds is 5. The van der Waals surface area contributed by atoms with Crippen LogP contribution >= 0.6 is 0 Å². The van der Waals surface area contributed by atoms with Crippen molar-refractivity contribution in [1.82, 2.24) is 15.7 Å². The smallest absolute Gasteiger partial charge is 0.237 e. The van der Waals surface area contributed by atoms with E-state index in [0.29, 0.717) is 6.42 Å². The van der Waals surface area contributed by atoms with Crippen LogP contribution in [0.5, 0.6) is 0 Å². The molecule has 0 aliphatic carbocycles. The predicted molar refractivity (Wildman–Crippen MR) is 41.3 cm³/mol. The van der Waals surface area contributed by atoms with Crippen LogP contribution in [0.1, 0.15) is 12.8 Å². The Morgan fingerprint density at radius 1 is 1.42 bits per heavy atom. The Hall–Kier alpha value is -0.690. The zero-order valence-electron chi connectivity index (χ0n) is 7.32. The summed E-state index contributed by atoms with van der Waals surface area (Å²) in [6.07, 6.45) is 0.961. The monoisotopic (exact) mass is 177 g/mol. The minimum Gasteiger partial charge on any atom is -0.309 e. The molecular weight excluding hydrogens is 162 g/mol. The predicted octanol–water partition coefficient (Wildman–Crippen LogP) is -0.560. The van der Waals surface area contributed by atoms with E-state index in [9.17, 15) is 4.79 Å². The van der Waals surface area contributed by atoms with Crippen LogP contribution in [-0.4, -0.2) is 47.2 Å². The van der Waals surface area contributed by atoms with E-state index in [1.54, 1.807) is 5.43 Å². The van der Waals surface area contributed by atoms with Gasteiger partial charge in [0.2, 0.25) is 5.91 Å². The van der Waals surface area contributed by atoms with Gasteiger partial charge in [-0.3, -0.25) is 15.2 Å². The molecule has 0 aliphatic rings. The molecule has 72 valence electrons. The molecule has 0 aromatic carbocycles. The van der Waals surface area contributed by atoms with Crippen LogP contribution in [0.2, 0.25) is 0 Å². The maximum absolute atomic E-state index is 10.7. The molecule has 12 heavy (non-hydrogen) atoms. The third kappa shape index (κ3) is 7.42. The molecule has 0 aliphatic heterocycles. The van der Waals surface area contributed by atoms with E-state index in [2.05, 4.69) is 0 Å². The summed E-state index contributed by atoms with van der Waals surface area (Å²) in [7, 11) is 3.81. The number of nitrogens with zero attached hydrogens (tertiary/aromatic N) is 2. The summed E-state index contributed by atoms with van der Waals surface area (Å²) < 4.78 is 0. The Labute approximate surface area is 71.3 Å². The molecule has 0 bridgehead atoms. The lowest BCUT2D eigenvalue weighted by molar-refractivity contribution is -0.335. The zero-order valence-corrected chi connectivity index (χ0v) is 7.32. The number of nitrogens with one attached hydrogen (secondary N) is 1. The molecule has 0 unspecified atom stereocenters. The van der Waals surface area contributed by atoms with Gasteiger partial charge in [0.25, 0.3) is 0 Å². The third-order valence-electron chi connectivity index (χ3n) is 1.23. The van der Waals surface area contributed by atoms with Gasteiger partial charge in [-0.05, 0) is 27.1 Å². The second kappa shape index (κ2) is 5.90. The Morgan fingerprint density at radius 3 is 2.42 bits per heavy atom. The SMILES string of the molecule is CN(C)CCCC(=O)NN(O)O. The first-order chi connectivity index (χ1) is 5.52. The van der Waals surface area contributed by atoms with Gasteiger partial charge in [0.05, 0.1) is 0 Å². The molecule has 0 aromatic rings. The summed E-state index contributed by atoms with van der Waals surface area (Å²) in [5.74, 6) is -0.415. The first-order valence-electron chi connectivity index (χ1n) is 3.64. The van der Waals surface area contributed by atoms with Gasteiger partial charge < -0.3 is 4.90 Å². The van der Waals surface area contributed by atoms with Crippen LogP contribution < -0.4 is 5.43 Å². The fraction of sp³-hybridized carbons (Fsp3) is 0.833. The van der Waals surface area contributed by atoms with Gasteiger partial charge >= 0.3 is 0 Å². The topological polar surface area (TPSA) is 76.0 Å². The van der Waals surface area contributed by atoms with Crippen LogP contribution in [0.15, 0.2) is 0 Å². The normalized spacial score (nSPS) is 10.8. The molecule has 6 heteroatoms. The molecule has 0 saturated carbocycles. The van der Waals surface area contributed by atoms with Crippen molar-refractivity contribution in [3.05, 3.63) is 0 Å². The van der Waals surface area contributed by atoms with Gasteiger partial charge in [0.1, 0.15) is 0 Å². The highest BCUT2D eigenvalue weighted by atomic mass is 16.8. The minimum atomic E-state index is -0.415. The molecule has 0 spiro atoms. The molecule has 0 radical (unpaired) electrons. The molecule has 0 fully saturated rings. The van der Waals surface area contributed by atoms with Crippen LogP contribution in [0.4, 0.5) is 0 Å². The summed E-state index contributed by atoms with van der Waals surface area (Å²) in [4.78, 5) is 12.7. The Bertz CT molecular complexity index is 138. The molecular formula is C6H15N3O3. The fourth-order valence-electron chi connectivity index (χ4n) is 0.723. The maximum Gasteiger partial charge on any atom is 0.237 e. The van der Waals surface area contributed by atoms with Crippen molar-refractivity contribution in [2.75, 3.05) is 20.6 Å². The summed E-state index contributed by atoms with van der Waals surface area (Å²) in [5.41, 5.74) is 1.80. The average Bonchev–Trinajstić information content (AvgIpc) is 1.84. The highest BCUT2D eigenvalue weighted by Gasteiger charge is 2.03. The van der Waals surface area contributed by atoms with Gasteiger partial charge in [-0.15, -0.1) is 0 Å². The summed E-state index contributed by atoms with van der Waals surface area (Å²) in [6, 6.07) is 0. The number of carbonyl (C=O) groups excluding carboxylic acids is 1. The highest BCUT2D eigenvalue weighted by molar-refractivity contribution is 5.75. The van der Waals surface area contributed by atoms with Gasteiger partial charge in [0, 0.05) is 11.8 Å². The zero-order chi connectivity index (χ0) is 9.56. The van der Waals surface area contributed by atoms with Gasteiger partial charge in [-0.2, -0.15) is 0 Å². The Kier molecular flexibility index (Phi) is 5.56. The standard InChI is InChI=1S/C6H15N3O3/c1-8(2)5-3-4-6(10)7-9(11)12/h11-12H,3-5H2,1-2H3,(H,7,10). The highest BCUT2D eigenvalue weighted by Crippen LogP contribution is 1.90. The van der Waals surface area contributed by atoms with E-state index in [-0.39, 0.29) is 11.8 Å². The number of amides is 1. The van der Waals surface area contributed by atoms with Crippen molar-refractivity contribution in [1.29, 1.82) is 0 Å². The molecule has 1 amide bonds. The third-order valence-corrected chi connectivity index (χ3v) is 1.23. The van der Waals surface area contributed by atoms with Crippen molar-refractivity contribution >= 4 is 5.91 Å². The van der Waals surface area contributed by atoms with E-state index < -0.39 is 5.91 Å². The fourth-order valence-corrected chi connectivity index (χ4v) is 0.723. The van der Waals surface area contributed by atoms with Crippen molar-refractivity contribution in [2.45, 2.75) is 12.8 Å². The van der Waals surface area contributed by atoms with E-state index in [1.165, 1.54) is 0 Å². The lowest BCUT2D eigenvalue weighted by Crippen LogP contribution is -2.37. The summed E-state index contributed by atoms with van der Waals surface area (Å²) in [5, 5.41) is 16.0. The second-order valence-electron chi connectivity index (χ2n) is 2.73. The molecule has 0 aromatic heterocycles. The summed E-state index contributed by atoms with van der Waals surface area (Å²) in [6.45, 7) is 0.796. The van der Waals surface area contributed by atoms with Gasteiger partial charge in [0.15, 0.2) is 0 Å². The first kappa shape index (κ1) is 11.3. The largest absolute Gasteiger partial charge is 0.309 e. The Morgan fingerprint density at radius 2 is 2.00 bits per heavy atom. The van der Waals surface area contributed by atoms with E-state index in [0.717, 1.165) is 6.54 Å². The average molecular weight is 177 g/mol. The van der Waals surface area contributed by atoms with Crippen LogP contribution in [0, 0.1) is 0 Å². The van der Waals surface area contributed by atoms with Gasteiger partial charge in [-0.1, -0.05) is 0 Å². The van der Waals surface area contributed by atoms with Crippen molar-refractivity contribution in [2.24, 2.45) is 0 Å². The first-order valence-corrected chi connectivity index (χ1v) is 3.64. The molecule has 0 atom stereocenters. The lowest BCUT2D eigenvalue weighted by Gasteiger charge is -2.10. The van der Waals surface area contributed by atoms with Crippen LogP contribution in [0.25, 0.3) is 0 Å². The maximum atomic E-state index is 10.7. The molecule has 0 rings (SSSR count). The number of hydrogen-bond acceptors (Lipinski definition) is 5. The van der Waals surface area contributed by atoms with Crippen molar-refractivity contribution in [3.63, 3.8) is 0 Å². The number of hydrazine groups is 1. The van der Waals surface area contributed by atoms with E-state index >= 15 is 0 Å². The molecule has 0 heterocycles. The minimum absolute atomic E-state index is 0.274. The van der Waals surface area contributed by atoms with Crippen molar-refractivity contribution in [3.8, 4) is 0 Å². The van der Waals surface area contributed by atoms with E-state index in [1.807, 2.05) is 19.0 Å². The van der Waals surface area contributed by atoms with E-state index in [4.69, 9.17) is 10.4 Å². The molecule has 6 nitrogen and oxygen atoms in total. The summed E-state index contributed by atoms with van der Waals surface area (Å²) >= 11 is 0. The molecule has 3 N–H and O–H groups in total. The van der Waals surface area contributed by atoms with Gasteiger partial charge in [-0.25, -0.2) is 5.43 Å². The number of hydrogen-bond donors (Lipinski definition) is 3. The van der Waals surface area contributed by atoms with Crippen molar-refractivity contribution < 1.29 is 15.2 Å². The Balaban J connectivity index is 3.32. The quantitative estimate of drug-likeness (QED) is 0.491. The molecule has 0 saturated heterocycles. The lowest BCUT2D eigenvalue weighted by atomic mass is 10.3. The van der Waals surface area contributed by atoms with Crippen LogP contribution in [-0.2, 0) is 4.79 Å².